The number of fused-ring (bicyclic) bond motifs is 3. The highest BCUT2D eigenvalue weighted by atomic mass is 32.2. The monoisotopic (exact) mass is 519 g/mol. The van der Waals surface area contributed by atoms with Crippen LogP contribution in [0.15, 0.2) is 47.4 Å². The van der Waals surface area contributed by atoms with E-state index in [9.17, 15) is 22.7 Å². The molecule has 9 nitrogen and oxygen atoms in total. The van der Waals surface area contributed by atoms with Gasteiger partial charge in [0.05, 0.1) is 24.0 Å². The summed E-state index contributed by atoms with van der Waals surface area (Å²) in [7, 11) is -1.88. The number of halogens is 1. The fourth-order valence-electron chi connectivity index (χ4n) is 5.16. The van der Waals surface area contributed by atoms with Crippen molar-refractivity contribution in [1.82, 2.24) is 9.80 Å². The van der Waals surface area contributed by atoms with E-state index < -0.39 is 28.0 Å². The Hall–Kier alpha value is -2.73. The first kappa shape index (κ1) is 24.9. The summed E-state index contributed by atoms with van der Waals surface area (Å²) in [6.07, 6.45) is -0.674. The Morgan fingerprint density at radius 1 is 1.14 bits per heavy atom. The number of aliphatic hydroxyl groups is 1. The van der Waals surface area contributed by atoms with E-state index in [0.717, 1.165) is 30.8 Å². The Kier molecular flexibility index (Phi) is 6.90. The summed E-state index contributed by atoms with van der Waals surface area (Å²) >= 11 is 0. The van der Waals surface area contributed by atoms with Gasteiger partial charge in [-0.3, -0.25) is 9.52 Å². The van der Waals surface area contributed by atoms with Gasteiger partial charge in [-0.25, -0.2) is 12.8 Å². The predicted octanol–water partition coefficient (Wildman–Crippen LogP) is 1.78. The number of anilines is 1. The smallest absolute Gasteiger partial charge is 0.261 e. The number of nitrogens with one attached hydrogen (secondary N) is 1. The van der Waals surface area contributed by atoms with Crippen molar-refractivity contribution >= 4 is 21.6 Å². The summed E-state index contributed by atoms with van der Waals surface area (Å²) in [4.78, 5) is 16.9. The molecular weight excluding hydrogens is 489 g/mol. The number of hydrogen-bond donors (Lipinski definition) is 2. The van der Waals surface area contributed by atoms with Crippen LogP contribution in [0.3, 0.4) is 0 Å². The van der Waals surface area contributed by atoms with Crippen molar-refractivity contribution in [3.8, 4) is 5.75 Å². The number of ether oxygens (including phenoxy) is 2. The molecule has 11 heteroatoms. The van der Waals surface area contributed by atoms with E-state index >= 15 is 0 Å². The molecule has 194 valence electrons. The van der Waals surface area contributed by atoms with Crippen LogP contribution in [0.4, 0.5) is 10.1 Å². The second-order valence-corrected chi connectivity index (χ2v) is 11.3. The minimum Gasteiger partial charge on any atom is -0.487 e. The van der Waals surface area contributed by atoms with Crippen LogP contribution in [-0.2, 0) is 19.6 Å². The van der Waals surface area contributed by atoms with E-state index in [4.69, 9.17) is 9.47 Å². The highest BCUT2D eigenvalue weighted by Gasteiger charge is 2.46. The van der Waals surface area contributed by atoms with Crippen LogP contribution >= 0.6 is 0 Å². The molecular formula is C25H30FN3O6S. The number of sulfonamides is 1. The number of carbonyl (C=O) groups excluding carboxylic acids is 1. The maximum Gasteiger partial charge on any atom is 0.261 e. The van der Waals surface area contributed by atoms with Gasteiger partial charge in [-0.2, -0.15) is 0 Å². The summed E-state index contributed by atoms with van der Waals surface area (Å²) in [6, 6.07) is 9.61. The van der Waals surface area contributed by atoms with Gasteiger partial charge in [0.2, 0.25) is 5.91 Å². The van der Waals surface area contributed by atoms with Gasteiger partial charge in [0.1, 0.15) is 23.8 Å². The summed E-state index contributed by atoms with van der Waals surface area (Å²) in [5, 5.41) is 9.98. The predicted molar refractivity (Wildman–Crippen MR) is 130 cm³/mol. The molecule has 5 rings (SSSR count). The fraction of sp³-hybridized carbons (Fsp3) is 0.480. The van der Waals surface area contributed by atoms with Crippen LogP contribution in [-0.4, -0.2) is 87.4 Å². The molecule has 0 bridgehead atoms. The van der Waals surface area contributed by atoms with E-state index in [2.05, 4.69) is 9.62 Å². The first-order valence-electron chi connectivity index (χ1n) is 12.0. The molecule has 0 spiro atoms. The van der Waals surface area contributed by atoms with E-state index in [1.807, 2.05) is 11.9 Å². The first-order chi connectivity index (χ1) is 17.2. The molecule has 3 aliphatic heterocycles. The number of rotatable bonds is 6. The molecule has 2 saturated heterocycles. The zero-order valence-corrected chi connectivity index (χ0v) is 20.8. The Bertz CT molecular complexity index is 1220. The molecule has 2 aromatic carbocycles. The lowest BCUT2D eigenvalue weighted by Gasteiger charge is -2.38. The quantitative estimate of drug-likeness (QED) is 0.599. The van der Waals surface area contributed by atoms with Crippen molar-refractivity contribution in [2.45, 2.75) is 42.0 Å². The highest BCUT2D eigenvalue weighted by molar-refractivity contribution is 7.92. The van der Waals surface area contributed by atoms with Crippen molar-refractivity contribution in [3.05, 3.63) is 53.8 Å². The largest absolute Gasteiger partial charge is 0.487 e. The van der Waals surface area contributed by atoms with Crippen molar-refractivity contribution < 1.29 is 32.2 Å². The molecule has 2 fully saturated rings. The number of likely N-dealkylation sites (N-methyl/N-ethyl adjacent to an activating group) is 1. The summed E-state index contributed by atoms with van der Waals surface area (Å²) in [5.74, 6) is -0.0502. The number of aliphatic hydroxyl groups excluding tert-OH is 1. The normalized spacial score (nSPS) is 26.1. The van der Waals surface area contributed by atoms with Crippen LogP contribution in [0.25, 0.3) is 0 Å². The van der Waals surface area contributed by atoms with E-state index in [-0.39, 0.29) is 35.9 Å². The highest BCUT2D eigenvalue weighted by Crippen LogP contribution is 2.47. The molecule has 0 aromatic heterocycles. The van der Waals surface area contributed by atoms with Gasteiger partial charge in [-0.05, 0) is 55.9 Å². The Balaban J connectivity index is 1.32. The number of amides is 1. The zero-order valence-electron chi connectivity index (χ0n) is 20.0. The van der Waals surface area contributed by atoms with Crippen molar-refractivity contribution in [3.63, 3.8) is 0 Å². The first-order valence-corrected chi connectivity index (χ1v) is 13.5. The third kappa shape index (κ3) is 5.06. The summed E-state index contributed by atoms with van der Waals surface area (Å²) in [6.45, 7) is 2.78. The Morgan fingerprint density at radius 2 is 1.86 bits per heavy atom. The second-order valence-electron chi connectivity index (χ2n) is 9.60. The number of nitrogens with zero attached hydrogens (tertiary/aromatic N) is 2. The van der Waals surface area contributed by atoms with Gasteiger partial charge in [0.25, 0.3) is 10.0 Å². The lowest BCUT2D eigenvalue weighted by atomic mass is 9.84. The molecule has 3 heterocycles. The molecule has 0 unspecified atom stereocenters. The average Bonchev–Trinajstić information content (AvgIpc) is 3.22. The minimum atomic E-state index is -3.91. The maximum absolute atomic E-state index is 13.2. The molecule has 0 saturated carbocycles. The molecule has 0 radical (unpaired) electrons. The van der Waals surface area contributed by atoms with Crippen molar-refractivity contribution in [1.29, 1.82) is 0 Å². The van der Waals surface area contributed by atoms with Crippen molar-refractivity contribution in [2.75, 3.05) is 44.6 Å². The van der Waals surface area contributed by atoms with E-state index in [0.29, 0.717) is 30.9 Å². The summed E-state index contributed by atoms with van der Waals surface area (Å²) in [5.41, 5.74) is 1.15. The number of hydrogen-bond acceptors (Lipinski definition) is 7. The number of piperazine rings is 1. The van der Waals surface area contributed by atoms with Crippen molar-refractivity contribution in [2.24, 2.45) is 0 Å². The van der Waals surface area contributed by atoms with Gasteiger partial charge in [0.15, 0.2) is 0 Å². The molecule has 2 aromatic rings. The van der Waals surface area contributed by atoms with Crippen LogP contribution in [0.1, 0.15) is 24.3 Å². The molecule has 36 heavy (non-hydrogen) atoms. The SMILES string of the molecule is CN1CCN(C(=O)C[C@H]2C[C@H]3c4cc(NS(=O)(=O)c5ccc(F)cc5)ccc4O[C@H]3[C@@H](CO)O2)CC1. The fourth-order valence-corrected chi connectivity index (χ4v) is 6.21. The van der Waals surface area contributed by atoms with Crippen LogP contribution in [0.5, 0.6) is 5.75 Å². The molecule has 2 N–H and O–H groups in total. The number of carbonyl (C=O) groups is 1. The van der Waals surface area contributed by atoms with Gasteiger partial charge in [-0.1, -0.05) is 0 Å². The van der Waals surface area contributed by atoms with Gasteiger partial charge in [0, 0.05) is 43.3 Å². The standard InChI is InChI=1S/C25H30FN3O6S/c1-28-8-10-29(11-9-28)24(31)14-18-13-21-20-12-17(4-7-22(20)35-25(21)23(15-30)34-18)27-36(32,33)19-5-2-16(26)3-6-19/h2-7,12,18,21,23,25,27,30H,8-11,13-15H2,1H3/t18-,21+,23-,25-/m1/s1. The van der Waals surface area contributed by atoms with Crippen LogP contribution in [0.2, 0.25) is 0 Å². The Morgan fingerprint density at radius 3 is 2.56 bits per heavy atom. The maximum atomic E-state index is 13.2. The third-order valence-corrected chi connectivity index (χ3v) is 8.53. The van der Waals surface area contributed by atoms with E-state index in [1.54, 1.807) is 18.2 Å². The topological polar surface area (TPSA) is 108 Å². The van der Waals surface area contributed by atoms with E-state index in [1.165, 1.54) is 12.1 Å². The van der Waals surface area contributed by atoms with Gasteiger partial charge >= 0.3 is 0 Å². The second kappa shape index (κ2) is 9.97. The average molecular weight is 520 g/mol. The van der Waals surface area contributed by atoms with Gasteiger partial charge in [-0.15, -0.1) is 0 Å². The molecule has 1 amide bonds. The van der Waals surface area contributed by atoms with Crippen LogP contribution in [0, 0.1) is 5.82 Å². The third-order valence-electron chi connectivity index (χ3n) is 7.13. The molecule has 4 atom stereocenters. The number of benzene rings is 2. The lowest BCUT2D eigenvalue weighted by molar-refractivity contribution is -0.150. The summed E-state index contributed by atoms with van der Waals surface area (Å²) < 4.78 is 53.5. The van der Waals surface area contributed by atoms with Gasteiger partial charge < -0.3 is 24.4 Å². The Labute approximate surface area is 209 Å². The minimum absolute atomic E-state index is 0.0307. The molecule has 3 aliphatic rings. The molecule has 0 aliphatic carbocycles. The zero-order chi connectivity index (χ0) is 25.4. The lowest BCUT2D eigenvalue weighted by Crippen LogP contribution is -2.50. The van der Waals surface area contributed by atoms with Crippen LogP contribution < -0.4 is 9.46 Å².